The molecule has 98 valence electrons. The van der Waals surface area contributed by atoms with Gasteiger partial charge in [0.15, 0.2) is 0 Å². The second-order valence-electron chi connectivity index (χ2n) is 3.79. The van der Waals surface area contributed by atoms with E-state index in [0.717, 1.165) is 0 Å². The number of rotatable bonds is 4. The molecule has 1 amide bonds. The number of carbonyl (C=O) groups excluding carboxylic acids is 1. The molecular weight excluding hydrogens is 270 g/mol. The molecule has 0 aliphatic heterocycles. The summed E-state index contributed by atoms with van der Waals surface area (Å²) in [6.07, 6.45) is 2.48. The van der Waals surface area contributed by atoms with Crippen molar-refractivity contribution >= 4 is 29.2 Å². The van der Waals surface area contributed by atoms with Crippen molar-refractivity contribution in [3.63, 3.8) is 0 Å². The Hall–Kier alpha value is -2.34. The highest BCUT2D eigenvalue weighted by atomic mass is 35.5. The van der Waals surface area contributed by atoms with Gasteiger partial charge < -0.3 is 10.4 Å². The number of amides is 1. The molecule has 2 N–H and O–H groups in total. The third kappa shape index (κ3) is 3.56. The average molecular weight is 280 g/mol. The summed E-state index contributed by atoms with van der Waals surface area (Å²) in [7, 11) is 0. The van der Waals surface area contributed by atoms with Gasteiger partial charge in [-0.2, -0.15) is 5.10 Å². The SMILES string of the molecule is O=C(Cn1cc(C(=O)O)cn1)Nc1cccc(Cl)c1. The maximum atomic E-state index is 11.7. The van der Waals surface area contributed by atoms with E-state index in [1.54, 1.807) is 24.3 Å². The van der Waals surface area contributed by atoms with Gasteiger partial charge in [0.25, 0.3) is 0 Å². The highest BCUT2D eigenvalue weighted by molar-refractivity contribution is 6.30. The summed E-state index contributed by atoms with van der Waals surface area (Å²) in [5, 5.41) is 15.7. The monoisotopic (exact) mass is 279 g/mol. The highest BCUT2D eigenvalue weighted by Crippen LogP contribution is 2.14. The van der Waals surface area contributed by atoms with E-state index in [1.165, 1.54) is 17.1 Å². The predicted molar refractivity (Wildman–Crippen MR) is 69.3 cm³/mol. The number of carboxylic acids is 1. The molecule has 0 fully saturated rings. The number of anilines is 1. The maximum Gasteiger partial charge on any atom is 0.338 e. The molecule has 0 aliphatic rings. The minimum Gasteiger partial charge on any atom is -0.478 e. The van der Waals surface area contributed by atoms with Crippen molar-refractivity contribution in [2.75, 3.05) is 5.32 Å². The van der Waals surface area contributed by atoms with Crippen LogP contribution in [0.25, 0.3) is 0 Å². The van der Waals surface area contributed by atoms with Gasteiger partial charge in [0.1, 0.15) is 6.54 Å². The van der Waals surface area contributed by atoms with Crippen molar-refractivity contribution in [2.24, 2.45) is 0 Å². The molecule has 2 aromatic rings. The van der Waals surface area contributed by atoms with E-state index >= 15 is 0 Å². The lowest BCUT2D eigenvalue weighted by atomic mass is 10.3. The molecule has 0 saturated carbocycles. The third-order valence-corrected chi connectivity index (χ3v) is 2.53. The van der Waals surface area contributed by atoms with Gasteiger partial charge in [-0.3, -0.25) is 9.48 Å². The Morgan fingerprint density at radius 2 is 2.21 bits per heavy atom. The molecule has 0 aliphatic carbocycles. The molecule has 0 radical (unpaired) electrons. The summed E-state index contributed by atoms with van der Waals surface area (Å²) in [5.74, 6) is -1.40. The number of carbonyl (C=O) groups is 2. The molecule has 1 aromatic heterocycles. The van der Waals surface area contributed by atoms with E-state index in [0.29, 0.717) is 10.7 Å². The molecule has 1 aromatic carbocycles. The Bertz CT molecular complexity index is 624. The van der Waals surface area contributed by atoms with E-state index in [1.807, 2.05) is 0 Å². The number of halogens is 1. The first-order valence-corrected chi connectivity index (χ1v) is 5.73. The Labute approximate surface area is 113 Å². The molecular formula is C12H10ClN3O3. The fourth-order valence-electron chi connectivity index (χ4n) is 1.47. The van der Waals surface area contributed by atoms with Gasteiger partial charge in [-0.15, -0.1) is 0 Å². The van der Waals surface area contributed by atoms with Crippen LogP contribution in [-0.4, -0.2) is 26.8 Å². The largest absolute Gasteiger partial charge is 0.478 e. The Balaban J connectivity index is 1.99. The van der Waals surface area contributed by atoms with Crippen LogP contribution in [0, 0.1) is 0 Å². The van der Waals surface area contributed by atoms with Gasteiger partial charge in [-0.05, 0) is 18.2 Å². The topological polar surface area (TPSA) is 84.2 Å². The van der Waals surface area contributed by atoms with Crippen LogP contribution >= 0.6 is 11.6 Å². The van der Waals surface area contributed by atoms with Crippen molar-refractivity contribution in [1.29, 1.82) is 0 Å². The summed E-state index contributed by atoms with van der Waals surface area (Å²) >= 11 is 5.79. The van der Waals surface area contributed by atoms with Crippen LogP contribution in [-0.2, 0) is 11.3 Å². The van der Waals surface area contributed by atoms with Gasteiger partial charge >= 0.3 is 5.97 Å². The Kier molecular flexibility index (Phi) is 3.82. The molecule has 0 atom stereocenters. The smallest absolute Gasteiger partial charge is 0.338 e. The quantitative estimate of drug-likeness (QED) is 0.895. The third-order valence-electron chi connectivity index (χ3n) is 2.29. The summed E-state index contributed by atoms with van der Waals surface area (Å²) in [4.78, 5) is 22.4. The molecule has 0 unspecified atom stereocenters. The number of nitrogens with one attached hydrogen (secondary N) is 1. The minimum absolute atomic E-state index is 0.0376. The fraction of sp³-hybridized carbons (Fsp3) is 0.0833. The first-order valence-electron chi connectivity index (χ1n) is 5.36. The summed E-state index contributed by atoms with van der Waals surface area (Å²) in [5.41, 5.74) is 0.610. The lowest BCUT2D eigenvalue weighted by molar-refractivity contribution is -0.116. The Morgan fingerprint density at radius 3 is 2.84 bits per heavy atom. The molecule has 7 heteroatoms. The van der Waals surface area contributed by atoms with E-state index < -0.39 is 5.97 Å². The molecule has 0 bridgehead atoms. The van der Waals surface area contributed by atoms with Crippen LogP contribution in [0.15, 0.2) is 36.7 Å². The first-order chi connectivity index (χ1) is 9.04. The van der Waals surface area contributed by atoms with Crippen LogP contribution < -0.4 is 5.32 Å². The van der Waals surface area contributed by atoms with Crippen molar-refractivity contribution in [1.82, 2.24) is 9.78 Å². The minimum atomic E-state index is -1.08. The number of benzene rings is 1. The fourth-order valence-corrected chi connectivity index (χ4v) is 1.66. The predicted octanol–water partition coefficient (Wildman–Crippen LogP) is 1.87. The lowest BCUT2D eigenvalue weighted by Crippen LogP contribution is -2.19. The molecule has 0 spiro atoms. The number of hydrogen-bond acceptors (Lipinski definition) is 3. The van der Waals surface area contributed by atoms with E-state index in [-0.39, 0.29) is 18.0 Å². The molecule has 6 nitrogen and oxygen atoms in total. The van der Waals surface area contributed by atoms with Crippen LogP contribution in [0.1, 0.15) is 10.4 Å². The van der Waals surface area contributed by atoms with Crippen LogP contribution in [0.4, 0.5) is 5.69 Å². The van der Waals surface area contributed by atoms with Gasteiger partial charge in [0.2, 0.25) is 5.91 Å². The van der Waals surface area contributed by atoms with E-state index in [2.05, 4.69) is 10.4 Å². The second-order valence-corrected chi connectivity index (χ2v) is 4.23. The van der Waals surface area contributed by atoms with Gasteiger partial charge in [0, 0.05) is 16.9 Å². The number of carboxylic acid groups (broad SMARTS) is 1. The summed E-state index contributed by atoms with van der Waals surface area (Å²) in [6, 6.07) is 6.74. The Morgan fingerprint density at radius 1 is 1.42 bits per heavy atom. The zero-order chi connectivity index (χ0) is 13.8. The van der Waals surface area contributed by atoms with E-state index in [9.17, 15) is 9.59 Å². The van der Waals surface area contributed by atoms with Crippen LogP contribution in [0.3, 0.4) is 0 Å². The molecule has 0 saturated heterocycles. The molecule has 1 heterocycles. The van der Waals surface area contributed by atoms with Crippen molar-refractivity contribution in [3.8, 4) is 0 Å². The highest BCUT2D eigenvalue weighted by Gasteiger charge is 2.09. The number of hydrogen-bond donors (Lipinski definition) is 2. The van der Waals surface area contributed by atoms with E-state index in [4.69, 9.17) is 16.7 Å². The zero-order valence-corrected chi connectivity index (χ0v) is 10.5. The number of aromatic nitrogens is 2. The van der Waals surface area contributed by atoms with Crippen molar-refractivity contribution < 1.29 is 14.7 Å². The average Bonchev–Trinajstić information content (AvgIpc) is 2.77. The second kappa shape index (κ2) is 5.53. The summed E-state index contributed by atoms with van der Waals surface area (Å²) < 4.78 is 1.25. The molecule has 2 rings (SSSR count). The van der Waals surface area contributed by atoms with Crippen molar-refractivity contribution in [2.45, 2.75) is 6.54 Å². The summed E-state index contributed by atoms with van der Waals surface area (Å²) in [6.45, 7) is -0.0696. The van der Waals surface area contributed by atoms with Crippen LogP contribution in [0.5, 0.6) is 0 Å². The number of nitrogens with zero attached hydrogens (tertiary/aromatic N) is 2. The maximum absolute atomic E-state index is 11.7. The standard InChI is InChI=1S/C12H10ClN3O3/c13-9-2-1-3-10(4-9)15-11(17)7-16-6-8(5-14-16)12(18)19/h1-6H,7H2,(H,15,17)(H,18,19). The van der Waals surface area contributed by atoms with Crippen molar-refractivity contribution in [3.05, 3.63) is 47.2 Å². The lowest BCUT2D eigenvalue weighted by Gasteiger charge is -2.05. The van der Waals surface area contributed by atoms with Gasteiger partial charge in [-0.25, -0.2) is 4.79 Å². The first kappa shape index (κ1) is 13.1. The zero-order valence-electron chi connectivity index (χ0n) is 9.71. The van der Waals surface area contributed by atoms with Crippen LogP contribution in [0.2, 0.25) is 5.02 Å². The number of aromatic carboxylic acids is 1. The van der Waals surface area contributed by atoms with Gasteiger partial charge in [-0.1, -0.05) is 17.7 Å². The molecule has 19 heavy (non-hydrogen) atoms. The normalized spacial score (nSPS) is 10.2. The van der Waals surface area contributed by atoms with Gasteiger partial charge in [0.05, 0.1) is 11.8 Å².